The van der Waals surface area contributed by atoms with Crippen molar-refractivity contribution in [3.63, 3.8) is 0 Å². The van der Waals surface area contributed by atoms with Crippen LogP contribution in [0.5, 0.6) is 0 Å². The third-order valence-electron chi connectivity index (χ3n) is 4.17. The molecular weight excluding hydrogens is 230 g/mol. The molecule has 0 heterocycles. The molecule has 18 heavy (non-hydrogen) atoms. The van der Waals surface area contributed by atoms with Crippen LogP contribution in [0.1, 0.15) is 53.4 Å². The number of amides is 1. The fourth-order valence-electron chi connectivity index (χ4n) is 2.12. The summed E-state index contributed by atoms with van der Waals surface area (Å²) in [6, 6.07) is 0. The predicted octanol–water partition coefficient (Wildman–Crippen LogP) is 1.86. The summed E-state index contributed by atoms with van der Waals surface area (Å²) >= 11 is 0. The molecule has 1 aliphatic carbocycles. The molecule has 1 saturated carbocycles. The van der Waals surface area contributed by atoms with Gasteiger partial charge in [-0.1, -0.05) is 13.8 Å². The van der Waals surface area contributed by atoms with Crippen molar-refractivity contribution >= 4 is 5.91 Å². The summed E-state index contributed by atoms with van der Waals surface area (Å²) in [6.07, 6.45) is 3.47. The van der Waals surface area contributed by atoms with E-state index in [-0.39, 0.29) is 5.91 Å². The first-order valence-corrected chi connectivity index (χ1v) is 6.66. The third kappa shape index (κ3) is 3.95. The molecule has 0 aromatic heterocycles. The molecule has 0 unspecified atom stereocenters. The molecule has 0 aromatic carbocycles. The number of carbonyl (C=O) groups is 1. The molecule has 1 amide bonds. The van der Waals surface area contributed by atoms with Gasteiger partial charge in [-0.2, -0.15) is 0 Å². The van der Waals surface area contributed by atoms with E-state index in [1.165, 1.54) is 7.11 Å². The van der Waals surface area contributed by atoms with Gasteiger partial charge < -0.3 is 15.2 Å². The van der Waals surface area contributed by atoms with Crippen LogP contribution in [0.4, 0.5) is 0 Å². The molecule has 2 N–H and O–H groups in total. The van der Waals surface area contributed by atoms with Gasteiger partial charge >= 0.3 is 0 Å². The lowest BCUT2D eigenvalue weighted by molar-refractivity contribution is -0.141. The predicted molar refractivity (Wildman–Crippen MR) is 71.3 cm³/mol. The molecule has 0 spiro atoms. The van der Waals surface area contributed by atoms with Gasteiger partial charge in [0.1, 0.15) is 5.60 Å². The van der Waals surface area contributed by atoms with Gasteiger partial charge in [-0.05, 0) is 44.9 Å². The van der Waals surface area contributed by atoms with Gasteiger partial charge in [-0.3, -0.25) is 4.79 Å². The maximum atomic E-state index is 11.9. The Hall–Kier alpha value is -0.610. The number of methoxy groups -OCH3 is 1. The molecule has 4 nitrogen and oxygen atoms in total. The highest BCUT2D eigenvalue weighted by Gasteiger charge is 2.38. The second kappa shape index (κ2) is 5.17. The average Bonchev–Trinajstić information content (AvgIpc) is 2.31. The van der Waals surface area contributed by atoms with E-state index in [4.69, 9.17) is 4.74 Å². The number of hydrogen-bond donors (Lipinski definition) is 2. The van der Waals surface area contributed by atoms with Crippen molar-refractivity contribution in [3.05, 3.63) is 0 Å². The molecule has 0 radical (unpaired) electrons. The molecule has 1 aliphatic rings. The first-order valence-electron chi connectivity index (χ1n) is 6.66. The highest BCUT2D eigenvalue weighted by atomic mass is 16.5. The van der Waals surface area contributed by atoms with Gasteiger partial charge in [0.2, 0.25) is 0 Å². The second-order valence-corrected chi connectivity index (χ2v) is 6.79. The number of carbonyl (C=O) groups excluding carboxylic acids is 1. The van der Waals surface area contributed by atoms with Crippen LogP contribution in [-0.4, -0.2) is 35.9 Å². The van der Waals surface area contributed by atoms with Crippen LogP contribution in [0, 0.1) is 5.41 Å². The van der Waals surface area contributed by atoms with E-state index in [0.717, 1.165) is 25.7 Å². The fraction of sp³-hybridized carbons (Fsp3) is 0.929. The Morgan fingerprint density at radius 2 is 1.78 bits per heavy atom. The number of nitrogens with one attached hydrogen (secondary N) is 1. The minimum absolute atomic E-state index is 0.178. The normalized spacial score (nSPS) is 22.6. The average molecular weight is 257 g/mol. The van der Waals surface area contributed by atoms with E-state index in [1.54, 1.807) is 13.8 Å². The topological polar surface area (TPSA) is 58.6 Å². The zero-order valence-electron chi connectivity index (χ0n) is 12.3. The number of ether oxygens (including phenoxy) is 1. The summed E-state index contributed by atoms with van der Waals surface area (Å²) in [5.74, 6) is -0.178. The van der Waals surface area contributed by atoms with Crippen LogP contribution in [0.3, 0.4) is 0 Å². The Balaban J connectivity index is 2.47. The van der Waals surface area contributed by atoms with E-state index >= 15 is 0 Å². The highest BCUT2D eigenvalue weighted by molar-refractivity contribution is 5.84. The lowest BCUT2D eigenvalue weighted by Gasteiger charge is -2.40. The van der Waals surface area contributed by atoms with Crippen molar-refractivity contribution < 1.29 is 14.6 Å². The monoisotopic (exact) mass is 257 g/mol. The molecule has 106 valence electrons. The zero-order valence-corrected chi connectivity index (χ0v) is 12.3. The molecule has 4 heteroatoms. The minimum atomic E-state index is -0.843. The third-order valence-corrected chi connectivity index (χ3v) is 4.17. The van der Waals surface area contributed by atoms with Crippen molar-refractivity contribution in [2.75, 3.05) is 13.7 Å². The van der Waals surface area contributed by atoms with E-state index < -0.39 is 11.2 Å². The summed E-state index contributed by atoms with van der Waals surface area (Å²) in [6.45, 7) is 8.19. The smallest absolute Gasteiger partial charge is 0.251 e. The molecule has 0 atom stereocenters. The van der Waals surface area contributed by atoms with Crippen LogP contribution >= 0.6 is 0 Å². The standard InChI is InChI=1S/C14H27NO3/c1-12(2)6-8-14(17,9-7-12)10-15-11(16)13(3,4)18-5/h17H,6-10H2,1-5H3,(H,15,16). The molecule has 0 aromatic rings. The van der Waals surface area contributed by atoms with E-state index in [2.05, 4.69) is 19.2 Å². The second-order valence-electron chi connectivity index (χ2n) is 6.79. The Kier molecular flexibility index (Phi) is 4.44. The van der Waals surface area contributed by atoms with E-state index in [0.29, 0.717) is 12.0 Å². The van der Waals surface area contributed by atoms with Crippen LogP contribution in [-0.2, 0) is 9.53 Å². The minimum Gasteiger partial charge on any atom is -0.388 e. The van der Waals surface area contributed by atoms with Crippen LogP contribution < -0.4 is 5.32 Å². The van der Waals surface area contributed by atoms with Crippen molar-refractivity contribution in [2.24, 2.45) is 5.41 Å². The van der Waals surface area contributed by atoms with Gasteiger partial charge in [0, 0.05) is 13.7 Å². The molecule has 0 saturated heterocycles. The Morgan fingerprint density at radius 1 is 1.28 bits per heavy atom. The Morgan fingerprint density at radius 3 is 2.22 bits per heavy atom. The number of aliphatic hydroxyl groups is 1. The summed E-state index contributed by atoms with van der Waals surface area (Å²) < 4.78 is 5.11. The lowest BCUT2D eigenvalue weighted by atomic mass is 9.71. The summed E-state index contributed by atoms with van der Waals surface area (Å²) in [5, 5.41) is 13.2. The maximum absolute atomic E-state index is 11.9. The van der Waals surface area contributed by atoms with Gasteiger partial charge in [-0.25, -0.2) is 0 Å². The summed E-state index contributed by atoms with van der Waals surface area (Å²) in [4.78, 5) is 11.9. The van der Waals surface area contributed by atoms with Gasteiger partial charge in [0.15, 0.2) is 0 Å². The van der Waals surface area contributed by atoms with Gasteiger partial charge in [-0.15, -0.1) is 0 Å². The maximum Gasteiger partial charge on any atom is 0.251 e. The van der Waals surface area contributed by atoms with Crippen LogP contribution in [0.2, 0.25) is 0 Å². The Labute approximate surface area is 110 Å². The van der Waals surface area contributed by atoms with E-state index in [9.17, 15) is 9.90 Å². The SMILES string of the molecule is COC(C)(C)C(=O)NCC1(O)CCC(C)(C)CC1. The summed E-state index contributed by atoms with van der Waals surface area (Å²) in [7, 11) is 1.51. The quantitative estimate of drug-likeness (QED) is 0.808. The van der Waals surface area contributed by atoms with Crippen LogP contribution in [0.25, 0.3) is 0 Å². The van der Waals surface area contributed by atoms with E-state index in [1.807, 2.05) is 0 Å². The molecule has 1 rings (SSSR count). The van der Waals surface area contributed by atoms with Crippen molar-refractivity contribution in [1.29, 1.82) is 0 Å². The van der Waals surface area contributed by atoms with Crippen molar-refractivity contribution in [1.82, 2.24) is 5.32 Å². The summed E-state index contributed by atoms with van der Waals surface area (Å²) in [5.41, 5.74) is -1.29. The fourth-order valence-corrected chi connectivity index (χ4v) is 2.12. The molecule has 0 aliphatic heterocycles. The lowest BCUT2D eigenvalue weighted by Crippen LogP contribution is -2.51. The first kappa shape index (κ1) is 15.4. The first-order chi connectivity index (χ1) is 8.10. The largest absolute Gasteiger partial charge is 0.388 e. The van der Waals surface area contributed by atoms with Crippen molar-refractivity contribution in [2.45, 2.75) is 64.6 Å². The van der Waals surface area contributed by atoms with Crippen LogP contribution in [0.15, 0.2) is 0 Å². The van der Waals surface area contributed by atoms with Gasteiger partial charge in [0.25, 0.3) is 5.91 Å². The molecule has 0 bridgehead atoms. The number of hydrogen-bond acceptors (Lipinski definition) is 3. The van der Waals surface area contributed by atoms with Crippen molar-refractivity contribution in [3.8, 4) is 0 Å². The molecule has 1 fully saturated rings. The highest BCUT2D eigenvalue weighted by Crippen LogP contribution is 2.39. The molecular formula is C14H27NO3. The number of rotatable bonds is 4. The Bertz CT molecular complexity index is 300. The van der Waals surface area contributed by atoms with Gasteiger partial charge in [0.05, 0.1) is 5.60 Å². The zero-order chi connectivity index (χ0) is 14.0.